The van der Waals surface area contributed by atoms with E-state index in [0.29, 0.717) is 0 Å². The van der Waals surface area contributed by atoms with E-state index < -0.39 is 0 Å². The number of nitrogens with one attached hydrogen (secondary N) is 1. The van der Waals surface area contributed by atoms with E-state index >= 15 is 0 Å². The Labute approximate surface area is 127 Å². The van der Waals surface area contributed by atoms with Crippen LogP contribution in [0.25, 0.3) is 0 Å². The summed E-state index contributed by atoms with van der Waals surface area (Å²) in [6.45, 7) is 6.47. The lowest BCUT2D eigenvalue weighted by Gasteiger charge is -2.24. The topological polar surface area (TPSA) is 34.1 Å². The molecule has 1 fully saturated rings. The van der Waals surface area contributed by atoms with Gasteiger partial charge in [-0.1, -0.05) is 33.1 Å². The highest BCUT2D eigenvalue weighted by Gasteiger charge is 2.39. The highest BCUT2D eigenvalue weighted by atomic mass is 32.1. The zero-order chi connectivity index (χ0) is 14.4. The minimum absolute atomic E-state index is 0.0871. The normalized spacial score (nSPS) is 17.8. The third-order valence-corrected chi connectivity index (χ3v) is 5.45. The molecule has 0 radical (unpaired) electrons. The van der Waals surface area contributed by atoms with Crippen LogP contribution >= 0.6 is 11.3 Å². The molecule has 0 atom stereocenters. The van der Waals surface area contributed by atoms with Gasteiger partial charge in [0.1, 0.15) is 10.6 Å². The third-order valence-electron chi connectivity index (χ3n) is 4.17. The molecule has 20 heavy (non-hydrogen) atoms. The predicted octanol–water partition coefficient (Wildman–Crippen LogP) is 4.01. The monoisotopic (exact) mass is 296 g/mol. The van der Waals surface area contributed by atoms with Gasteiger partial charge in [-0.05, 0) is 32.2 Å². The quantitative estimate of drug-likeness (QED) is 0.736. The van der Waals surface area contributed by atoms with Crippen LogP contribution in [-0.4, -0.2) is 18.6 Å². The minimum atomic E-state index is -0.0871. The maximum atomic E-state index is 5.88. The van der Waals surface area contributed by atoms with E-state index in [9.17, 15) is 0 Å². The first-order valence-electron chi connectivity index (χ1n) is 8.00. The van der Waals surface area contributed by atoms with E-state index in [4.69, 9.17) is 9.72 Å². The van der Waals surface area contributed by atoms with Crippen LogP contribution in [0.5, 0.6) is 0 Å². The van der Waals surface area contributed by atoms with Crippen molar-refractivity contribution in [2.75, 3.05) is 13.7 Å². The van der Waals surface area contributed by atoms with Crippen molar-refractivity contribution in [1.29, 1.82) is 0 Å². The lowest BCUT2D eigenvalue weighted by Crippen LogP contribution is -2.24. The molecular formula is C16H28N2OS. The van der Waals surface area contributed by atoms with Crippen LogP contribution in [0.1, 0.15) is 68.0 Å². The van der Waals surface area contributed by atoms with E-state index in [1.54, 1.807) is 0 Å². The second kappa shape index (κ2) is 7.53. The number of thiazole rings is 1. The van der Waals surface area contributed by atoms with Crippen LogP contribution in [-0.2, 0) is 23.3 Å². The van der Waals surface area contributed by atoms with Crippen LogP contribution in [0.4, 0.5) is 0 Å². The van der Waals surface area contributed by atoms with Crippen molar-refractivity contribution in [3.05, 3.63) is 15.6 Å². The molecule has 1 heterocycles. The zero-order valence-corrected chi connectivity index (χ0v) is 13.9. The lowest BCUT2D eigenvalue weighted by molar-refractivity contribution is -0.00896. The van der Waals surface area contributed by atoms with Crippen molar-refractivity contribution in [3.63, 3.8) is 0 Å². The summed E-state index contributed by atoms with van der Waals surface area (Å²) in [5, 5.41) is 4.73. The third kappa shape index (κ3) is 3.41. The number of methoxy groups -OCH3 is 1. The van der Waals surface area contributed by atoms with Crippen LogP contribution < -0.4 is 5.32 Å². The van der Waals surface area contributed by atoms with Crippen LogP contribution in [0.2, 0.25) is 0 Å². The molecule has 3 nitrogen and oxygen atoms in total. The molecule has 0 aromatic carbocycles. The maximum Gasteiger partial charge on any atom is 0.125 e. The van der Waals surface area contributed by atoms with Crippen molar-refractivity contribution in [3.8, 4) is 0 Å². The largest absolute Gasteiger partial charge is 0.371 e. The van der Waals surface area contributed by atoms with E-state index in [0.717, 1.165) is 38.8 Å². The standard InChI is InChI=1S/C16H28N2OS/c1-4-8-13-14(12-17-11-5-2)20-15(18-13)16(19-3)9-6-7-10-16/h17H,4-12H2,1-3H3. The van der Waals surface area contributed by atoms with Crippen molar-refractivity contribution in [2.45, 2.75) is 70.9 Å². The summed E-state index contributed by atoms with van der Waals surface area (Å²) in [5.41, 5.74) is 1.20. The van der Waals surface area contributed by atoms with Crippen molar-refractivity contribution in [1.82, 2.24) is 10.3 Å². The van der Waals surface area contributed by atoms with Gasteiger partial charge in [-0.25, -0.2) is 4.98 Å². The van der Waals surface area contributed by atoms with Crippen LogP contribution in [0, 0.1) is 0 Å². The van der Waals surface area contributed by atoms with Crippen molar-refractivity contribution >= 4 is 11.3 Å². The average molecular weight is 296 g/mol. The molecule has 0 bridgehead atoms. The van der Waals surface area contributed by atoms with Gasteiger partial charge >= 0.3 is 0 Å². The number of ether oxygens (including phenoxy) is 1. The smallest absolute Gasteiger partial charge is 0.125 e. The predicted molar refractivity (Wildman–Crippen MR) is 85.3 cm³/mol. The Balaban J connectivity index is 2.18. The zero-order valence-electron chi connectivity index (χ0n) is 13.1. The highest BCUT2D eigenvalue weighted by Crippen LogP contribution is 2.43. The molecule has 1 aromatic heterocycles. The Morgan fingerprint density at radius 3 is 2.60 bits per heavy atom. The molecule has 0 unspecified atom stereocenters. The molecule has 4 heteroatoms. The molecule has 0 saturated heterocycles. The molecule has 0 aliphatic heterocycles. The van der Waals surface area contributed by atoms with E-state index in [2.05, 4.69) is 19.2 Å². The summed E-state index contributed by atoms with van der Waals surface area (Å²) in [5.74, 6) is 0. The molecule has 1 aliphatic rings. The van der Waals surface area contributed by atoms with Crippen molar-refractivity contribution < 1.29 is 4.74 Å². The van der Waals surface area contributed by atoms with Gasteiger partial charge in [0.15, 0.2) is 0 Å². The summed E-state index contributed by atoms with van der Waals surface area (Å²) < 4.78 is 5.88. The van der Waals surface area contributed by atoms with E-state index in [1.807, 2.05) is 18.4 Å². The second-order valence-electron chi connectivity index (χ2n) is 5.72. The highest BCUT2D eigenvalue weighted by molar-refractivity contribution is 7.11. The first-order chi connectivity index (χ1) is 9.75. The summed E-state index contributed by atoms with van der Waals surface area (Å²) in [6, 6.07) is 0. The van der Waals surface area contributed by atoms with Crippen LogP contribution in [0.3, 0.4) is 0 Å². The number of rotatable bonds is 8. The molecule has 1 aromatic rings. The molecule has 114 valence electrons. The number of aryl methyl sites for hydroxylation is 1. The van der Waals surface area contributed by atoms with E-state index in [1.165, 1.54) is 34.8 Å². The Kier molecular flexibility index (Phi) is 6.00. The first-order valence-corrected chi connectivity index (χ1v) is 8.82. The van der Waals surface area contributed by atoms with Crippen LogP contribution in [0.15, 0.2) is 0 Å². The van der Waals surface area contributed by atoms with Gasteiger partial charge in [0.25, 0.3) is 0 Å². The number of nitrogens with zero attached hydrogens (tertiary/aromatic N) is 1. The summed E-state index contributed by atoms with van der Waals surface area (Å²) >= 11 is 1.87. The van der Waals surface area contributed by atoms with Gasteiger partial charge in [0.2, 0.25) is 0 Å². The molecule has 2 rings (SSSR count). The van der Waals surface area contributed by atoms with Gasteiger partial charge in [0, 0.05) is 18.5 Å². The number of hydrogen-bond acceptors (Lipinski definition) is 4. The van der Waals surface area contributed by atoms with Gasteiger partial charge in [0.05, 0.1) is 5.69 Å². The van der Waals surface area contributed by atoms with Gasteiger partial charge in [-0.15, -0.1) is 11.3 Å². The minimum Gasteiger partial charge on any atom is -0.371 e. The number of hydrogen-bond donors (Lipinski definition) is 1. The Bertz CT molecular complexity index is 411. The van der Waals surface area contributed by atoms with Gasteiger partial charge < -0.3 is 10.1 Å². The first kappa shape index (κ1) is 15.9. The fourth-order valence-corrected chi connectivity index (χ4v) is 4.28. The molecule has 1 saturated carbocycles. The Morgan fingerprint density at radius 2 is 2.00 bits per heavy atom. The summed E-state index contributed by atoms with van der Waals surface area (Å²) in [6.07, 6.45) is 8.20. The van der Waals surface area contributed by atoms with Gasteiger partial charge in [-0.2, -0.15) is 0 Å². The van der Waals surface area contributed by atoms with Crippen molar-refractivity contribution in [2.24, 2.45) is 0 Å². The molecule has 0 amide bonds. The second-order valence-corrected chi connectivity index (χ2v) is 6.80. The Morgan fingerprint density at radius 1 is 1.25 bits per heavy atom. The average Bonchev–Trinajstić information content (AvgIpc) is 3.08. The molecule has 1 N–H and O–H groups in total. The molecular weight excluding hydrogens is 268 g/mol. The van der Waals surface area contributed by atoms with Gasteiger partial charge in [-0.3, -0.25) is 0 Å². The number of aromatic nitrogens is 1. The fourth-order valence-electron chi connectivity index (χ4n) is 2.98. The lowest BCUT2D eigenvalue weighted by atomic mass is 10.0. The summed E-state index contributed by atoms with van der Waals surface area (Å²) in [4.78, 5) is 6.37. The maximum absolute atomic E-state index is 5.88. The Hall–Kier alpha value is -0.450. The van der Waals surface area contributed by atoms with E-state index in [-0.39, 0.29) is 5.60 Å². The molecule has 1 aliphatic carbocycles. The molecule has 0 spiro atoms. The fraction of sp³-hybridized carbons (Fsp3) is 0.812. The SMILES string of the molecule is CCCNCc1sc(C2(OC)CCCC2)nc1CCC. The summed E-state index contributed by atoms with van der Waals surface area (Å²) in [7, 11) is 1.85.